The third-order valence-corrected chi connectivity index (χ3v) is 1.40. The van der Waals surface area contributed by atoms with E-state index in [0.717, 1.165) is 0 Å². The smallest absolute Gasteiger partial charge is 0.332 e. The van der Waals surface area contributed by atoms with Crippen molar-refractivity contribution in [3.05, 3.63) is 0 Å². The number of ether oxygens (including phenoxy) is 1. The van der Waals surface area contributed by atoms with Crippen molar-refractivity contribution in [2.75, 3.05) is 0 Å². The SMILES string of the molecule is CCC(O[C@@H](C)C(=O)O)C(N)=O. The summed E-state index contributed by atoms with van der Waals surface area (Å²) in [6.45, 7) is 3.05. The summed E-state index contributed by atoms with van der Waals surface area (Å²) in [5.41, 5.74) is 4.94. The van der Waals surface area contributed by atoms with Crippen LogP contribution in [0.2, 0.25) is 0 Å². The molecule has 0 saturated heterocycles. The van der Waals surface area contributed by atoms with Crippen molar-refractivity contribution >= 4 is 11.9 Å². The number of carboxylic acid groups (broad SMARTS) is 1. The number of aliphatic carboxylic acids is 1. The van der Waals surface area contributed by atoms with Crippen LogP contribution >= 0.6 is 0 Å². The van der Waals surface area contributed by atoms with Gasteiger partial charge in [-0.25, -0.2) is 4.79 Å². The van der Waals surface area contributed by atoms with Crippen molar-refractivity contribution in [3.63, 3.8) is 0 Å². The number of carbonyl (C=O) groups excluding carboxylic acids is 1. The largest absolute Gasteiger partial charge is 0.479 e. The minimum Gasteiger partial charge on any atom is -0.479 e. The van der Waals surface area contributed by atoms with Gasteiger partial charge >= 0.3 is 5.97 Å². The third-order valence-electron chi connectivity index (χ3n) is 1.40. The molecule has 2 atom stereocenters. The Bertz CT molecular complexity index is 180. The molecule has 5 nitrogen and oxygen atoms in total. The Hall–Kier alpha value is -1.10. The number of rotatable bonds is 5. The number of nitrogens with two attached hydrogens (primary N) is 1. The monoisotopic (exact) mass is 175 g/mol. The number of primary amides is 1. The summed E-state index contributed by atoms with van der Waals surface area (Å²) in [7, 11) is 0. The zero-order valence-corrected chi connectivity index (χ0v) is 7.11. The van der Waals surface area contributed by atoms with Crippen LogP contribution in [0.1, 0.15) is 20.3 Å². The molecule has 0 spiro atoms. The molecule has 3 N–H and O–H groups in total. The van der Waals surface area contributed by atoms with E-state index in [1.807, 2.05) is 0 Å². The van der Waals surface area contributed by atoms with Gasteiger partial charge in [-0.2, -0.15) is 0 Å². The molecule has 70 valence electrons. The van der Waals surface area contributed by atoms with E-state index in [1.54, 1.807) is 6.92 Å². The highest BCUT2D eigenvalue weighted by Crippen LogP contribution is 2.01. The number of carboxylic acids is 1. The molecule has 0 radical (unpaired) electrons. The molecule has 12 heavy (non-hydrogen) atoms. The molecule has 0 fully saturated rings. The van der Waals surface area contributed by atoms with E-state index in [-0.39, 0.29) is 0 Å². The van der Waals surface area contributed by atoms with Crippen molar-refractivity contribution in [2.24, 2.45) is 5.73 Å². The lowest BCUT2D eigenvalue weighted by molar-refractivity contribution is -0.155. The lowest BCUT2D eigenvalue weighted by atomic mass is 10.2. The molecule has 0 heterocycles. The van der Waals surface area contributed by atoms with Crippen LogP contribution in [-0.2, 0) is 14.3 Å². The highest BCUT2D eigenvalue weighted by molar-refractivity contribution is 5.79. The maximum atomic E-state index is 10.6. The molecule has 0 bridgehead atoms. The second-order valence-electron chi connectivity index (χ2n) is 2.42. The lowest BCUT2D eigenvalue weighted by Gasteiger charge is -2.15. The third kappa shape index (κ3) is 3.34. The Morgan fingerprint density at radius 1 is 1.58 bits per heavy atom. The van der Waals surface area contributed by atoms with E-state index in [2.05, 4.69) is 0 Å². The summed E-state index contributed by atoms with van der Waals surface area (Å²) in [5.74, 6) is -1.74. The van der Waals surface area contributed by atoms with Crippen molar-refractivity contribution in [1.29, 1.82) is 0 Å². The van der Waals surface area contributed by atoms with Crippen LogP contribution in [0.15, 0.2) is 0 Å². The van der Waals surface area contributed by atoms with Gasteiger partial charge in [0, 0.05) is 0 Å². The van der Waals surface area contributed by atoms with Crippen LogP contribution in [0.5, 0.6) is 0 Å². The van der Waals surface area contributed by atoms with Crippen LogP contribution in [0.3, 0.4) is 0 Å². The van der Waals surface area contributed by atoms with Crippen LogP contribution in [0, 0.1) is 0 Å². The van der Waals surface area contributed by atoms with Crippen molar-refractivity contribution in [1.82, 2.24) is 0 Å². The van der Waals surface area contributed by atoms with Crippen LogP contribution in [0.4, 0.5) is 0 Å². The van der Waals surface area contributed by atoms with Crippen LogP contribution in [-0.4, -0.2) is 29.2 Å². The van der Waals surface area contributed by atoms with Gasteiger partial charge < -0.3 is 15.6 Å². The maximum Gasteiger partial charge on any atom is 0.332 e. The van der Waals surface area contributed by atoms with E-state index >= 15 is 0 Å². The minimum absolute atomic E-state index is 0.382. The minimum atomic E-state index is -1.10. The Morgan fingerprint density at radius 3 is 2.33 bits per heavy atom. The molecule has 0 aliphatic carbocycles. The first-order valence-electron chi connectivity index (χ1n) is 3.66. The summed E-state index contributed by atoms with van der Waals surface area (Å²) in [4.78, 5) is 20.9. The molecule has 0 aromatic rings. The zero-order chi connectivity index (χ0) is 9.72. The zero-order valence-electron chi connectivity index (χ0n) is 7.11. The molecule has 0 aromatic carbocycles. The first-order valence-corrected chi connectivity index (χ1v) is 3.66. The van der Waals surface area contributed by atoms with Crippen molar-refractivity contribution in [2.45, 2.75) is 32.5 Å². The Balaban J connectivity index is 4.02. The van der Waals surface area contributed by atoms with E-state index in [1.165, 1.54) is 6.92 Å². The lowest BCUT2D eigenvalue weighted by Crippen LogP contribution is -2.35. The second kappa shape index (κ2) is 4.71. The average molecular weight is 175 g/mol. The topological polar surface area (TPSA) is 89.6 Å². The molecule has 1 amide bonds. The molecular formula is C7H13NO4. The predicted octanol–water partition coefficient (Wildman–Crippen LogP) is -0.260. The predicted molar refractivity (Wildman–Crippen MR) is 41.5 cm³/mol. The van der Waals surface area contributed by atoms with Crippen LogP contribution < -0.4 is 5.73 Å². The highest BCUT2D eigenvalue weighted by atomic mass is 16.5. The standard InChI is InChI=1S/C7H13NO4/c1-3-5(6(8)9)12-4(2)7(10)11/h4-5H,3H2,1-2H3,(H2,8,9)(H,10,11)/t4-,5?/m0/s1. The fourth-order valence-corrected chi connectivity index (χ4v) is 0.669. The molecule has 5 heteroatoms. The van der Waals surface area contributed by atoms with Gasteiger partial charge in [0.25, 0.3) is 0 Å². The summed E-state index contributed by atoms with van der Waals surface area (Å²) < 4.78 is 4.85. The second-order valence-corrected chi connectivity index (χ2v) is 2.42. The van der Waals surface area contributed by atoms with E-state index in [4.69, 9.17) is 15.6 Å². The number of amides is 1. The van der Waals surface area contributed by atoms with Crippen molar-refractivity contribution in [3.8, 4) is 0 Å². The fourth-order valence-electron chi connectivity index (χ4n) is 0.669. The van der Waals surface area contributed by atoms with Gasteiger partial charge in [-0.1, -0.05) is 6.92 Å². The van der Waals surface area contributed by atoms with E-state index in [0.29, 0.717) is 6.42 Å². The average Bonchev–Trinajstić information content (AvgIpc) is 1.98. The van der Waals surface area contributed by atoms with Gasteiger partial charge in [0.2, 0.25) is 5.91 Å². The van der Waals surface area contributed by atoms with Crippen LogP contribution in [0.25, 0.3) is 0 Å². The summed E-state index contributed by atoms with van der Waals surface area (Å²) >= 11 is 0. The molecule has 1 unspecified atom stereocenters. The molecular weight excluding hydrogens is 162 g/mol. The normalized spacial score (nSPS) is 15.2. The van der Waals surface area contributed by atoms with Gasteiger partial charge in [-0.15, -0.1) is 0 Å². The first-order chi connectivity index (χ1) is 5.49. The van der Waals surface area contributed by atoms with Gasteiger partial charge in [0.1, 0.15) is 6.10 Å². The van der Waals surface area contributed by atoms with Gasteiger partial charge in [0.15, 0.2) is 6.10 Å². The van der Waals surface area contributed by atoms with Gasteiger partial charge in [-0.3, -0.25) is 4.79 Å². The molecule has 0 aliphatic rings. The summed E-state index contributed by atoms with van der Waals surface area (Å²) in [6.07, 6.45) is -1.43. The highest BCUT2D eigenvalue weighted by Gasteiger charge is 2.20. The fraction of sp³-hybridized carbons (Fsp3) is 0.714. The first kappa shape index (κ1) is 10.9. The Kier molecular flexibility index (Phi) is 4.28. The Morgan fingerprint density at radius 2 is 2.08 bits per heavy atom. The maximum absolute atomic E-state index is 10.6. The molecule has 0 aromatic heterocycles. The quantitative estimate of drug-likeness (QED) is 0.602. The molecule has 0 rings (SSSR count). The van der Waals surface area contributed by atoms with Gasteiger partial charge in [0.05, 0.1) is 0 Å². The number of hydrogen-bond donors (Lipinski definition) is 2. The van der Waals surface area contributed by atoms with E-state index in [9.17, 15) is 9.59 Å². The van der Waals surface area contributed by atoms with Gasteiger partial charge in [-0.05, 0) is 13.3 Å². The summed E-state index contributed by atoms with van der Waals surface area (Å²) in [5, 5.41) is 8.43. The summed E-state index contributed by atoms with van der Waals surface area (Å²) in [6, 6.07) is 0. The molecule has 0 aliphatic heterocycles. The number of carbonyl (C=O) groups is 2. The van der Waals surface area contributed by atoms with Crippen molar-refractivity contribution < 1.29 is 19.4 Å². The number of hydrogen-bond acceptors (Lipinski definition) is 3. The Labute approximate surface area is 70.5 Å². The molecule has 0 saturated carbocycles. The van der Waals surface area contributed by atoms with E-state index < -0.39 is 24.1 Å².